The molecule has 0 heterocycles. The molecule has 0 saturated carbocycles. The van der Waals surface area contributed by atoms with E-state index in [2.05, 4.69) is 4.72 Å². The molecule has 2 rings (SSSR count). The largest absolute Gasteiger partial charge is 0.492 e. The molecule has 0 atom stereocenters. The van der Waals surface area contributed by atoms with E-state index in [1.807, 2.05) is 0 Å². The van der Waals surface area contributed by atoms with Gasteiger partial charge in [-0.05, 0) is 62.4 Å². The average Bonchev–Trinajstić information content (AvgIpc) is 2.61. The number of benzene rings is 2. The lowest BCUT2D eigenvalue weighted by molar-refractivity contribution is 0.0773. The van der Waals surface area contributed by atoms with Gasteiger partial charge in [0.15, 0.2) is 0 Å². The van der Waals surface area contributed by atoms with Crippen molar-refractivity contribution in [3.05, 3.63) is 59.9 Å². The molecule has 2 aromatic rings. The Labute approximate surface area is 159 Å². The predicted octanol–water partition coefficient (Wildman–Crippen LogP) is 2.66. The second-order valence-corrected chi connectivity index (χ2v) is 8.04. The van der Waals surface area contributed by atoms with E-state index in [0.717, 1.165) is 0 Å². The minimum Gasteiger partial charge on any atom is -0.492 e. The molecule has 0 radical (unpaired) electrons. The fraction of sp³-hybridized carbons (Fsp3) is 0.316. The van der Waals surface area contributed by atoms with Crippen LogP contribution < -0.4 is 9.46 Å². The number of amides is 1. The van der Waals surface area contributed by atoms with Crippen molar-refractivity contribution in [2.24, 2.45) is 0 Å². The number of halogens is 1. The molecule has 8 heteroatoms. The lowest BCUT2D eigenvalue weighted by Gasteiger charge is -2.18. The van der Waals surface area contributed by atoms with Gasteiger partial charge in [0.2, 0.25) is 10.0 Å². The van der Waals surface area contributed by atoms with E-state index in [4.69, 9.17) is 4.74 Å². The van der Waals surface area contributed by atoms with Crippen LogP contribution in [0.25, 0.3) is 0 Å². The molecule has 0 saturated heterocycles. The summed E-state index contributed by atoms with van der Waals surface area (Å²) >= 11 is 0. The Morgan fingerprint density at radius 2 is 1.70 bits per heavy atom. The Balaban J connectivity index is 1.93. The van der Waals surface area contributed by atoms with Crippen LogP contribution in [0.2, 0.25) is 0 Å². The number of carbonyl (C=O) groups is 1. The van der Waals surface area contributed by atoms with E-state index in [-0.39, 0.29) is 29.3 Å². The smallest absolute Gasteiger partial charge is 0.253 e. The average molecular weight is 394 g/mol. The number of hydrogen-bond acceptors (Lipinski definition) is 4. The van der Waals surface area contributed by atoms with Gasteiger partial charge in [-0.25, -0.2) is 17.5 Å². The van der Waals surface area contributed by atoms with Crippen molar-refractivity contribution in [3.63, 3.8) is 0 Å². The van der Waals surface area contributed by atoms with E-state index >= 15 is 0 Å². The summed E-state index contributed by atoms with van der Waals surface area (Å²) in [4.78, 5) is 14.0. The van der Waals surface area contributed by atoms with Crippen molar-refractivity contribution in [2.45, 2.75) is 24.8 Å². The first-order valence-electron chi connectivity index (χ1n) is 8.45. The summed E-state index contributed by atoms with van der Waals surface area (Å²) in [5.74, 6) is -0.0772. The summed E-state index contributed by atoms with van der Waals surface area (Å²) in [5, 5.41) is 0. The highest BCUT2D eigenvalue weighted by Crippen LogP contribution is 2.13. The third kappa shape index (κ3) is 6.04. The first kappa shape index (κ1) is 20.9. The Kier molecular flexibility index (Phi) is 6.92. The van der Waals surface area contributed by atoms with Crippen molar-refractivity contribution in [1.82, 2.24) is 9.62 Å². The van der Waals surface area contributed by atoms with E-state index in [0.29, 0.717) is 17.9 Å². The molecule has 27 heavy (non-hydrogen) atoms. The van der Waals surface area contributed by atoms with Gasteiger partial charge in [-0.3, -0.25) is 4.79 Å². The number of sulfonamides is 1. The van der Waals surface area contributed by atoms with Crippen LogP contribution in [-0.2, 0) is 10.0 Å². The van der Waals surface area contributed by atoms with Crippen molar-refractivity contribution in [2.75, 3.05) is 20.2 Å². The SMILES string of the molecule is CC(C)NS(=O)(=O)c1ccc(C(=O)N(C)CCOc2ccc(F)cc2)cc1. The van der Waals surface area contributed by atoms with Crippen LogP contribution in [0, 0.1) is 5.82 Å². The van der Waals surface area contributed by atoms with Crippen LogP contribution in [0.3, 0.4) is 0 Å². The van der Waals surface area contributed by atoms with E-state index in [9.17, 15) is 17.6 Å². The summed E-state index contributed by atoms with van der Waals surface area (Å²) in [5.41, 5.74) is 0.378. The lowest BCUT2D eigenvalue weighted by Crippen LogP contribution is -2.31. The summed E-state index contributed by atoms with van der Waals surface area (Å²) in [7, 11) is -1.97. The van der Waals surface area contributed by atoms with Crippen LogP contribution in [0.1, 0.15) is 24.2 Å². The molecule has 6 nitrogen and oxygen atoms in total. The molecule has 1 N–H and O–H groups in total. The van der Waals surface area contributed by atoms with Gasteiger partial charge in [-0.2, -0.15) is 0 Å². The second kappa shape index (κ2) is 8.96. The van der Waals surface area contributed by atoms with Crippen molar-refractivity contribution in [3.8, 4) is 5.75 Å². The molecule has 0 unspecified atom stereocenters. The molecule has 1 amide bonds. The maximum atomic E-state index is 12.8. The summed E-state index contributed by atoms with van der Waals surface area (Å²) in [6.45, 7) is 4.04. The molecular weight excluding hydrogens is 371 g/mol. The van der Waals surface area contributed by atoms with E-state index in [1.165, 1.54) is 53.4 Å². The summed E-state index contributed by atoms with van der Waals surface area (Å²) < 4.78 is 45.0. The standard InChI is InChI=1S/C19H23FN2O4S/c1-14(2)21-27(24,25)18-10-4-15(5-11-18)19(23)22(3)12-13-26-17-8-6-16(20)7-9-17/h4-11,14,21H,12-13H2,1-3H3. The fourth-order valence-corrected chi connectivity index (χ4v) is 3.56. The molecule has 0 aromatic heterocycles. The first-order valence-corrected chi connectivity index (χ1v) is 9.93. The number of likely N-dealkylation sites (N-methyl/N-ethyl adjacent to an activating group) is 1. The van der Waals surface area contributed by atoms with Crippen molar-refractivity contribution in [1.29, 1.82) is 0 Å². The number of ether oxygens (including phenoxy) is 1. The van der Waals surface area contributed by atoms with Crippen LogP contribution in [-0.4, -0.2) is 45.5 Å². The second-order valence-electron chi connectivity index (χ2n) is 6.33. The Hall–Kier alpha value is -2.45. The normalized spacial score (nSPS) is 11.4. The number of rotatable bonds is 8. The number of nitrogens with one attached hydrogen (secondary N) is 1. The van der Waals surface area contributed by atoms with Crippen LogP contribution in [0.4, 0.5) is 4.39 Å². The summed E-state index contributed by atoms with van der Waals surface area (Å²) in [6.07, 6.45) is 0. The molecule has 0 spiro atoms. The quantitative estimate of drug-likeness (QED) is 0.747. The van der Waals surface area contributed by atoms with Gasteiger partial charge in [0.1, 0.15) is 18.2 Å². The van der Waals surface area contributed by atoms with Crippen LogP contribution in [0.15, 0.2) is 53.4 Å². The third-order valence-corrected chi connectivity index (χ3v) is 5.33. The molecule has 0 aliphatic carbocycles. The Bertz CT molecular complexity index is 866. The van der Waals surface area contributed by atoms with Gasteiger partial charge in [0.05, 0.1) is 11.4 Å². The zero-order chi connectivity index (χ0) is 20.0. The molecule has 0 bridgehead atoms. The number of carbonyl (C=O) groups excluding carboxylic acids is 1. The zero-order valence-electron chi connectivity index (χ0n) is 15.5. The van der Waals surface area contributed by atoms with Crippen LogP contribution in [0.5, 0.6) is 5.75 Å². The van der Waals surface area contributed by atoms with Gasteiger partial charge in [-0.15, -0.1) is 0 Å². The Morgan fingerprint density at radius 1 is 1.11 bits per heavy atom. The highest BCUT2D eigenvalue weighted by Gasteiger charge is 2.17. The maximum Gasteiger partial charge on any atom is 0.253 e. The highest BCUT2D eigenvalue weighted by atomic mass is 32.2. The monoisotopic (exact) mass is 394 g/mol. The van der Waals surface area contributed by atoms with Crippen molar-refractivity contribution < 1.29 is 22.3 Å². The molecular formula is C19H23FN2O4S. The molecule has 2 aromatic carbocycles. The third-order valence-electron chi connectivity index (χ3n) is 3.66. The predicted molar refractivity (Wildman–Crippen MR) is 101 cm³/mol. The van der Waals surface area contributed by atoms with E-state index < -0.39 is 10.0 Å². The van der Waals surface area contributed by atoms with Crippen LogP contribution >= 0.6 is 0 Å². The number of nitrogens with zero attached hydrogens (tertiary/aromatic N) is 1. The minimum absolute atomic E-state index is 0.107. The van der Waals surface area contributed by atoms with Gasteiger partial charge < -0.3 is 9.64 Å². The molecule has 0 fully saturated rings. The highest BCUT2D eigenvalue weighted by molar-refractivity contribution is 7.89. The molecule has 0 aliphatic heterocycles. The van der Waals surface area contributed by atoms with E-state index in [1.54, 1.807) is 20.9 Å². The lowest BCUT2D eigenvalue weighted by atomic mass is 10.2. The molecule has 0 aliphatic rings. The summed E-state index contributed by atoms with van der Waals surface area (Å²) in [6, 6.07) is 11.2. The first-order chi connectivity index (χ1) is 12.7. The molecule has 146 valence electrons. The fourth-order valence-electron chi connectivity index (χ4n) is 2.31. The topological polar surface area (TPSA) is 75.7 Å². The maximum absolute atomic E-state index is 12.8. The van der Waals surface area contributed by atoms with Gasteiger partial charge in [0, 0.05) is 18.7 Å². The Morgan fingerprint density at radius 3 is 2.26 bits per heavy atom. The van der Waals surface area contributed by atoms with Gasteiger partial charge in [0.25, 0.3) is 5.91 Å². The van der Waals surface area contributed by atoms with Gasteiger partial charge >= 0.3 is 0 Å². The van der Waals surface area contributed by atoms with Crippen molar-refractivity contribution >= 4 is 15.9 Å². The zero-order valence-corrected chi connectivity index (χ0v) is 16.3. The van der Waals surface area contributed by atoms with Gasteiger partial charge in [-0.1, -0.05) is 0 Å². The number of hydrogen-bond donors (Lipinski definition) is 1. The minimum atomic E-state index is -3.59.